The van der Waals surface area contributed by atoms with Gasteiger partial charge in [-0.2, -0.15) is 13.2 Å². The fraction of sp³-hybridized carbons (Fsp3) is 0.455. The topological polar surface area (TPSA) is 32.3 Å². The van der Waals surface area contributed by atoms with Gasteiger partial charge >= 0.3 is 6.18 Å². The molecule has 1 aromatic carbocycles. The smallest absolute Gasteiger partial charge is 0.382 e. The summed E-state index contributed by atoms with van der Waals surface area (Å²) < 4.78 is 36.0. The molecule has 0 bridgehead atoms. The molecular formula is C11H14F3NO. The van der Waals surface area contributed by atoms with Gasteiger partial charge in [0.1, 0.15) is 0 Å². The molecule has 0 aromatic heterocycles. The number of hydrogen-bond donors (Lipinski definition) is 2. The molecule has 0 aliphatic carbocycles. The number of aliphatic hydroxyl groups excluding tert-OH is 1. The largest absolute Gasteiger partial charge is 0.415 e. The van der Waals surface area contributed by atoms with E-state index in [0.29, 0.717) is 0 Å². The van der Waals surface area contributed by atoms with Crippen LogP contribution >= 0.6 is 0 Å². The number of halogens is 3. The van der Waals surface area contributed by atoms with E-state index >= 15 is 0 Å². The Morgan fingerprint density at radius 2 is 1.81 bits per heavy atom. The second-order valence-electron chi connectivity index (χ2n) is 3.60. The molecule has 0 heterocycles. The minimum absolute atomic E-state index is 0.224. The van der Waals surface area contributed by atoms with Gasteiger partial charge in [0, 0.05) is 12.6 Å². The van der Waals surface area contributed by atoms with E-state index < -0.39 is 18.8 Å². The molecule has 1 aromatic rings. The number of benzene rings is 1. The van der Waals surface area contributed by atoms with Gasteiger partial charge in [-0.1, -0.05) is 30.3 Å². The first-order valence-corrected chi connectivity index (χ1v) is 4.94. The highest BCUT2D eigenvalue weighted by Crippen LogP contribution is 2.20. The molecule has 2 nitrogen and oxygen atoms in total. The monoisotopic (exact) mass is 233 g/mol. The molecule has 0 aliphatic rings. The van der Waals surface area contributed by atoms with Crippen molar-refractivity contribution in [3.05, 3.63) is 35.9 Å². The summed E-state index contributed by atoms with van der Waals surface area (Å²) in [5, 5.41) is 11.4. The Hall–Kier alpha value is -1.07. The van der Waals surface area contributed by atoms with Gasteiger partial charge in [0.2, 0.25) is 0 Å². The van der Waals surface area contributed by atoms with E-state index in [4.69, 9.17) is 5.11 Å². The Morgan fingerprint density at radius 3 is 2.31 bits per heavy atom. The number of alkyl halides is 3. The van der Waals surface area contributed by atoms with Gasteiger partial charge in [-0.25, -0.2) is 0 Å². The molecule has 0 aliphatic heterocycles. The predicted molar refractivity (Wildman–Crippen MR) is 54.9 cm³/mol. The molecule has 0 amide bonds. The number of aliphatic hydroxyl groups is 1. The minimum Gasteiger partial charge on any atom is -0.382 e. The summed E-state index contributed by atoms with van der Waals surface area (Å²) in [5.74, 6) is 0. The zero-order valence-corrected chi connectivity index (χ0v) is 8.83. The molecule has 0 spiro atoms. The fourth-order valence-electron chi connectivity index (χ4n) is 1.26. The van der Waals surface area contributed by atoms with Crippen LogP contribution in [0.2, 0.25) is 0 Å². The van der Waals surface area contributed by atoms with Gasteiger partial charge in [0.05, 0.1) is 0 Å². The molecule has 0 unspecified atom stereocenters. The van der Waals surface area contributed by atoms with Crippen LogP contribution in [-0.4, -0.2) is 23.9 Å². The summed E-state index contributed by atoms with van der Waals surface area (Å²) in [5.41, 5.74) is 0.886. The van der Waals surface area contributed by atoms with Crippen LogP contribution in [0.15, 0.2) is 30.3 Å². The van der Waals surface area contributed by atoms with Crippen LogP contribution in [0.1, 0.15) is 18.5 Å². The second-order valence-corrected chi connectivity index (χ2v) is 3.60. The maximum atomic E-state index is 12.0. The maximum Gasteiger partial charge on any atom is 0.415 e. The first kappa shape index (κ1) is 13.0. The molecule has 90 valence electrons. The van der Waals surface area contributed by atoms with Gasteiger partial charge < -0.3 is 10.4 Å². The lowest BCUT2D eigenvalue weighted by atomic mass is 10.1. The summed E-state index contributed by atoms with van der Waals surface area (Å²) in [7, 11) is 0. The van der Waals surface area contributed by atoms with Crippen LogP contribution in [-0.2, 0) is 0 Å². The van der Waals surface area contributed by atoms with Crippen molar-refractivity contribution in [2.45, 2.75) is 25.2 Å². The molecule has 0 radical (unpaired) electrons. The van der Waals surface area contributed by atoms with E-state index in [1.54, 1.807) is 6.92 Å². The van der Waals surface area contributed by atoms with Crippen LogP contribution in [0.5, 0.6) is 0 Å². The molecule has 5 heteroatoms. The highest BCUT2D eigenvalue weighted by atomic mass is 19.4. The van der Waals surface area contributed by atoms with Gasteiger partial charge in [-0.05, 0) is 12.5 Å². The normalized spacial score (nSPS) is 15.8. The van der Waals surface area contributed by atoms with Gasteiger partial charge in [0.15, 0.2) is 6.10 Å². The molecule has 0 saturated carbocycles. The van der Waals surface area contributed by atoms with Gasteiger partial charge in [0.25, 0.3) is 0 Å². The van der Waals surface area contributed by atoms with Crippen LogP contribution in [0.25, 0.3) is 0 Å². The highest BCUT2D eigenvalue weighted by molar-refractivity contribution is 5.17. The lowest BCUT2D eigenvalue weighted by molar-refractivity contribution is -0.202. The fourth-order valence-corrected chi connectivity index (χ4v) is 1.26. The Morgan fingerprint density at radius 1 is 1.25 bits per heavy atom. The average Bonchev–Trinajstić information content (AvgIpc) is 2.25. The summed E-state index contributed by atoms with van der Waals surface area (Å²) in [4.78, 5) is 0. The van der Waals surface area contributed by atoms with E-state index in [-0.39, 0.29) is 6.04 Å². The van der Waals surface area contributed by atoms with Crippen molar-refractivity contribution in [2.75, 3.05) is 6.54 Å². The van der Waals surface area contributed by atoms with E-state index in [9.17, 15) is 13.2 Å². The van der Waals surface area contributed by atoms with Crippen molar-refractivity contribution in [3.8, 4) is 0 Å². The standard InChI is InChI=1S/C11H14F3NO/c1-8(9-5-3-2-4-6-9)15-7-10(16)11(12,13)14/h2-6,8,10,15-16H,7H2,1H3/t8-,10+/m0/s1. The molecule has 2 atom stereocenters. The molecule has 16 heavy (non-hydrogen) atoms. The van der Waals surface area contributed by atoms with Crippen LogP contribution < -0.4 is 5.32 Å². The highest BCUT2D eigenvalue weighted by Gasteiger charge is 2.37. The average molecular weight is 233 g/mol. The minimum atomic E-state index is -4.57. The van der Waals surface area contributed by atoms with Crippen molar-refractivity contribution < 1.29 is 18.3 Å². The first-order valence-electron chi connectivity index (χ1n) is 4.94. The summed E-state index contributed by atoms with van der Waals surface area (Å²) in [6, 6.07) is 8.87. The van der Waals surface area contributed by atoms with Crippen LogP contribution in [0.3, 0.4) is 0 Å². The second kappa shape index (κ2) is 5.32. The molecular weight excluding hydrogens is 219 g/mol. The van der Waals surface area contributed by atoms with E-state index in [0.717, 1.165) is 5.56 Å². The Labute approximate surface area is 92.1 Å². The lowest BCUT2D eigenvalue weighted by Crippen LogP contribution is -2.39. The van der Waals surface area contributed by atoms with Crippen molar-refractivity contribution in [2.24, 2.45) is 0 Å². The van der Waals surface area contributed by atoms with Crippen molar-refractivity contribution in [1.29, 1.82) is 0 Å². The predicted octanol–water partition coefficient (Wildman–Crippen LogP) is 2.26. The molecule has 0 fully saturated rings. The summed E-state index contributed by atoms with van der Waals surface area (Å²) >= 11 is 0. The number of nitrogens with one attached hydrogen (secondary N) is 1. The zero-order chi connectivity index (χ0) is 12.2. The zero-order valence-electron chi connectivity index (χ0n) is 8.83. The number of hydrogen-bond acceptors (Lipinski definition) is 2. The van der Waals surface area contributed by atoms with Crippen molar-refractivity contribution in [1.82, 2.24) is 5.32 Å². The summed E-state index contributed by atoms with van der Waals surface area (Å²) in [6.45, 7) is 1.25. The molecule has 2 N–H and O–H groups in total. The van der Waals surface area contributed by atoms with Gasteiger partial charge in [-0.3, -0.25) is 0 Å². The third-order valence-electron chi connectivity index (χ3n) is 2.29. The SMILES string of the molecule is C[C@H](NC[C@@H](O)C(F)(F)F)c1ccccc1. The lowest BCUT2D eigenvalue weighted by Gasteiger charge is -2.19. The van der Waals surface area contributed by atoms with Crippen molar-refractivity contribution in [3.63, 3.8) is 0 Å². The molecule has 1 rings (SSSR count). The van der Waals surface area contributed by atoms with Crippen LogP contribution in [0.4, 0.5) is 13.2 Å². The maximum absolute atomic E-state index is 12.0. The quantitative estimate of drug-likeness (QED) is 0.836. The van der Waals surface area contributed by atoms with E-state index in [1.807, 2.05) is 30.3 Å². The third kappa shape index (κ3) is 3.83. The summed E-state index contributed by atoms with van der Waals surface area (Å²) in [6.07, 6.45) is -6.89. The third-order valence-corrected chi connectivity index (χ3v) is 2.29. The van der Waals surface area contributed by atoms with E-state index in [1.165, 1.54) is 0 Å². The molecule has 0 saturated heterocycles. The number of rotatable bonds is 4. The van der Waals surface area contributed by atoms with Crippen LogP contribution in [0, 0.1) is 0 Å². The Kier molecular flexibility index (Phi) is 4.32. The first-order chi connectivity index (χ1) is 7.41. The van der Waals surface area contributed by atoms with E-state index in [2.05, 4.69) is 5.32 Å². The van der Waals surface area contributed by atoms with Crippen molar-refractivity contribution >= 4 is 0 Å². The van der Waals surface area contributed by atoms with Gasteiger partial charge in [-0.15, -0.1) is 0 Å². The Bertz CT molecular complexity index is 313. The Balaban J connectivity index is 2.45.